The van der Waals surface area contributed by atoms with Crippen LogP contribution in [0.2, 0.25) is 5.02 Å². The van der Waals surface area contributed by atoms with E-state index in [2.05, 4.69) is 18.5 Å². The van der Waals surface area contributed by atoms with E-state index in [0.29, 0.717) is 28.4 Å². The average molecular weight is 400 g/mol. The summed E-state index contributed by atoms with van der Waals surface area (Å²) in [7, 11) is 0. The number of carboxylic acids is 1. The molecule has 1 aliphatic rings. The van der Waals surface area contributed by atoms with Gasteiger partial charge >= 0.3 is 5.97 Å². The van der Waals surface area contributed by atoms with E-state index in [0.717, 1.165) is 16.7 Å². The standard InChI is InChI=1S/C21H18ClNO3S/c1-3-12-9-15(10-13(12)4-2)20(24)23-17-11-27-19(18(17)21(25)26)14-5-7-16(22)8-6-14/h3-8,11,15H,1-2,9-10H2,(H,23,24)(H,25,26). The summed E-state index contributed by atoms with van der Waals surface area (Å²) in [6, 6.07) is 6.94. The van der Waals surface area contributed by atoms with Crippen molar-refractivity contribution in [3.05, 3.63) is 76.7 Å². The second-order valence-electron chi connectivity index (χ2n) is 6.22. The van der Waals surface area contributed by atoms with Crippen LogP contribution in [0.1, 0.15) is 23.2 Å². The van der Waals surface area contributed by atoms with Gasteiger partial charge in [0, 0.05) is 16.3 Å². The molecule has 1 heterocycles. The Hall–Kier alpha value is -2.63. The third-order valence-electron chi connectivity index (χ3n) is 4.58. The van der Waals surface area contributed by atoms with Gasteiger partial charge in [-0.25, -0.2) is 4.79 Å². The third-order valence-corrected chi connectivity index (χ3v) is 5.86. The second-order valence-corrected chi connectivity index (χ2v) is 7.53. The number of allylic oxidation sites excluding steroid dienone is 4. The maximum absolute atomic E-state index is 12.7. The molecule has 2 aromatic rings. The number of amides is 1. The smallest absolute Gasteiger partial charge is 0.339 e. The number of anilines is 1. The van der Waals surface area contributed by atoms with Gasteiger partial charge in [-0.2, -0.15) is 0 Å². The van der Waals surface area contributed by atoms with Crippen LogP contribution < -0.4 is 5.32 Å². The molecule has 0 atom stereocenters. The van der Waals surface area contributed by atoms with E-state index in [-0.39, 0.29) is 17.4 Å². The van der Waals surface area contributed by atoms with Crippen molar-refractivity contribution >= 4 is 40.5 Å². The molecule has 0 aliphatic heterocycles. The van der Waals surface area contributed by atoms with E-state index in [1.54, 1.807) is 41.8 Å². The van der Waals surface area contributed by atoms with Crippen molar-refractivity contribution in [1.82, 2.24) is 0 Å². The summed E-state index contributed by atoms with van der Waals surface area (Å²) in [6.45, 7) is 7.55. The number of carbonyl (C=O) groups is 2. The van der Waals surface area contributed by atoms with Gasteiger partial charge in [0.1, 0.15) is 5.56 Å². The molecular formula is C21H18ClNO3S. The Balaban J connectivity index is 1.85. The first-order valence-electron chi connectivity index (χ1n) is 8.33. The van der Waals surface area contributed by atoms with Gasteiger partial charge in [-0.05, 0) is 41.7 Å². The van der Waals surface area contributed by atoms with Gasteiger partial charge < -0.3 is 10.4 Å². The van der Waals surface area contributed by atoms with Crippen LogP contribution in [0.5, 0.6) is 0 Å². The SMILES string of the molecule is C=CC1=C(C=C)CC(C(=O)Nc2csc(-c3ccc(Cl)cc3)c2C(=O)O)C1. The Morgan fingerprint density at radius 2 is 1.74 bits per heavy atom. The summed E-state index contributed by atoms with van der Waals surface area (Å²) >= 11 is 7.18. The Labute approximate surface area is 166 Å². The number of aromatic carboxylic acids is 1. The lowest BCUT2D eigenvalue weighted by molar-refractivity contribution is -0.119. The molecule has 0 saturated heterocycles. The molecule has 0 unspecified atom stereocenters. The third kappa shape index (κ3) is 3.89. The summed E-state index contributed by atoms with van der Waals surface area (Å²) in [5.41, 5.74) is 3.17. The van der Waals surface area contributed by atoms with Crippen molar-refractivity contribution in [2.45, 2.75) is 12.8 Å². The highest BCUT2D eigenvalue weighted by atomic mass is 35.5. The van der Waals surface area contributed by atoms with Gasteiger partial charge in [-0.3, -0.25) is 4.79 Å². The summed E-state index contributed by atoms with van der Waals surface area (Å²) < 4.78 is 0. The topological polar surface area (TPSA) is 66.4 Å². The maximum Gasteiger partial charge on any atom is 0.339 e. The zero-order valence-electron chi connectivity index (χ0n) is 14.5. The van der Waals surface area contributed by atoms with Crippen LogP contribution in [0, 0.1) is 5.92 Å². The predicted octanol–water partition coefficient (Wildman–Crippen LogP) is 5.78. The molecule has 0 bridgehead atoms. The van der Waals surface area contributed by atoms with Gasteiger partial charge in [0.15, 0.2) is 0 Å². The van der Waals surface area contributed by atoms with Gasteiger partial charge in [0.25, 0.3) is 0 Å². The molecule has 2 N–H and O–H groups in total. The first-order chi connectivity index (χ1) is 12.9. The molecule has 3 rings (SSSR count). The van der Waals surface area contributed by atoms with E-state index in [1.807, 2.05) is 0 Å². The first kappa shape index (κ1) is 19.1. The summed E-state index contributed by atoms with van der Waals surface area (Å²) in [5.74, 6) is -1.54. The highest BCUT2D eigenvalue weighted by molar-refractivity contribution is 7.14. The summed E-state index contributed by atoms with van der Waals surface area (Å²) in [5, 5.41) is 14.7. The minimum absolute atomic E-state index is 0.0921. The highest BCUT2D eigenvalue weighted by Crippen LogP contribution is 2.38. The zero-order chi connectivity index (χ0) is 19.6. The molecular weight excluding hydrogens is 382 g/mol. The van der Waals surface area contributed by atoms with Crippen LogP contribution >= 0.6 is 22.9 Å². The number of carbonyl (C=O) groups excluding carboxylic acids is 1. The van der Waals surface area contributed by atoms with Crippen molar-refractivity contribution in [3.8, 4) is 10.4 Å². The molecule has 6 heteroatoms. The minimum atomic E-state index is -1.08. The monoisotopic (exact) mass is 399 g/mol. The molecule has 138 valence electrons. The van der Waals surface area contributed by atoms with Crippen LogP contribution in [-0.2, 0) is 4.79 Å². The van der Waals surface area contributed by atoms with Gasteiger partial charge in [0.2, 0.25) is 5.91 Å². The molecule has 4 nitrogen and oxygen atoms in total. The Morgan fingerprint density at radius 1 is 1.15 bits per heavy atom. The molecule has 0 saturated carbocycles. The molecule has 1 aromatic carbocycles. The second kappa shape index (κ2) is 7.94. The van der Waals surface area contributed by atoms with Gasteiger partial charge in [-0.1, -0.05) is 49.0 Å². The average Bonchev–Trinajstić information content (AvgIpc) is 3.26. The number of thiophene rings is 1. The summed E-state index contributed by atoms with van der Waals surface area (Å²) in [6.07, 6.45) is 4.65. The molecule has 0 fully saturated rings. The van der Waals surface area contributed by atoms with Crippen molar-refractivity contribution in [1.29, 1.82) is 0 Å². The Kier molecular flexibility index (Phi) is 5.63. The van der Waals surface area contributed by atoms with E-state index in [9.17, 15) is 14.7 Å². The molecule has 1 amide bonds. The first-order valence-corrected chi connectivity index (χ1v) is 9.58. The molecule has 27 heavy (non-hydrogen) atoms. The minimum Gasteiger partial charge on any atom is -0.478 e. The number of carboxylic acid groups (broad SMARTS) is 1. The fourth-order valence-corrected chi connectivity index (χ4v) is 4.32. The van der Waals surface area contributed by atoms with E-state index >= 15 is 0 Å². The number of halogens is 1. The Morgan fingerprint density at radius 3 is 2.26 bits per heavy atom. The van der Waals surface area contributed by atoms with E-state index in [1.165, 1.54) is 11.3 Å². The lowest BCUT2D eigenvalue weighted by Crippen LogP contribution is -2.22. The van der Waals surface area contributed by atoms with Crippen LogP contribution in [0.25, 0.3) is 10.4 Å². The van der Waals surface area contributed by atoms with Crippen LogP contribution in [0.3, 0.4) is 0 Å². The number of hydrogen-bond donors (Lipinski definition) is 2. The number of benzene rings is 1. The highest BCUT2D eigenvalue weighted by Gasteiger charge is 2.29. The fraction of sp³-hybridized carbons (Fsp3) is 0.143. The normalized spacial score (nSPS) is 14.3. The lowest BCUT2D eigenvalue weighted by atomic mass is 10.0. The zero-order valence-corrected chi connectivity index (χ0v) is 16.1. The molecule has 1 aliphatic carbocycles. The van der Waals surface area contributed by atoms with Gasteiger partial charge in [-0.15, -0.1) is 11.3 Å². The van der Waals surface area contributed by atoms with Crippen molar-refractivity contribution in [2.24, 2.45) is 5.92 Å². The Bertz CT molecular complexity index is 936. The van der Waals surface area contributed by atoms with Crippen molar-refractivity contribution in [2.75, 3.05) is 5.32 Å². The largest absolute Gasteiger partial charge is 0.478 e. The van der Waals surface area contributed by atoms with Crippen LogP contribution in [-0.4, -0.2) is 17.0 Å². The molecule has 0 radical (unpaired) electrons. The van der Waals surface area contributed by atoms with Crippen molar-refractivity contribution < 1.29 is 14.7 Å². The number of hydrogen-bond acceptors (Lipinski definition) is 3. The van der Waals surface area contributed by atoms with Gasteiger partial charge in [0.05, 0.1) is 10.6 Å². The van der Waals surface area contributed by atoms with Crippen LogP contribution in [0.4, 0.5) is 5.69 Å². The molecule has 0 spiro atoms. The van der Waals surface area contributed by atoms with E-state index < -0.39 is 5.97 Å². The summed E-state index contributed by atoms with van der Waals surface area (Å²) in [4.78, 5) is 25.1. The van der Waals surface area contributed by atoms with Crippen molar-refractivity contribution in [3.63, 3.8) is 0 Å². The number of nitrogens with one attached hydrogen (secondary N) is 1. The van der Waals surface area contributed by atoms with Crippen LogP contribution in [0.15, 0.2) is 66.1 Å². The lowest BCUT2D eigenvalue weighted by Gasteiger charge is -2.11. The molecule has 1 aromatic heterocycles. The van der Waals surface area contributed by atoms with E-state index in [4.69, 9.17) is 11.6 Å². The number of rotatable bonds is 6. The fourth-order valence-electron chi connectivity index (χ4n) is 3.19. The quantitative estimate of drug-likeness (QED) is 0.646. The maximum atomic E-state index is 12.7. The predicted molar refractivity (Wildman–Crippen MR) is 110 cm³/mol.